The van der Waals surface area contributed by atoms with E-state index in [0.29, 0.717) is 5.02 Å². The van der Waals surface area contributed by atoms with Crippen LogP contribution >= 0.6 is 11.6 Å². The number of halogens is 1. The normalized spacial score (nSPS) is 13.9. The molecule has 0 saturated heterocycles. The van der Waals surface area contributed by atoms with E-state index in [1.165, 1.54) is 0 Å². The van der Waals surface area contributed by atoms with Crippen molar-refractivity contribution in [3.63, 3.8) is 0 Å². The lowest BCUT2D eigenvalue weighted by Gasteiger charge is -2.27. The molecule has 5 rings (SSSR count). The second-order valence-electron chi connectivity index (χ2n) is 7.44. The number of nitrogen functional groups attached to an aromatic ring is 1. The third kappa shape index (κ3) is 3.92. The number of aromatic nitrogens is 3. The summed E-state index contributed by atoms with van der Waals surface area (Å²) < 4.78 is 5.52. The van der Waals surface area contributed by atoms with Crippen LogP contribution in [0, 0.1) is 0 Å². The largest absolute Gasteiger partial charge is 0.399 e. The van der Waals surface area contributed by atoms with Crippen molar-refractivity contribution in [2.45, 2.75) is 19.5 Å². The van der Waals surface area contributed by atoms with Crippen molar-refractivity contribution >= 4 is 17.3 Å². The van der Waals surface area contributed by atoms with Crippen LogP contribution < -0.4 is 5.73 Å². The fourth-order valence-corrected chi connectivity index (χ4v) is 3.77. The highest BCUT2D eigenvalue weighted by atomic mass is 35.5. The molecular weight excluding hydrogens is 398 g/mol. The van der Waals surface area contributed by atoms with Crippen molar-refractivity contribution in [2.75, 3.05) is 12.3 Å². The first kappa shape index (κ1) is 18.8. The molecule has 0 amide bonds. The molecule has 3 heterocycles. The molecule has 0 saturated carbocycles. The van der Waals surface area contributed by atoms with Gasteiger partial charge in [0.05, 0.1) is 11.4 Å². The van der Waals surface area contributed by atoms with Gasteiger partial charge in [0, 0.05) is 65.7 Å². The lowest BCUT2D eigenvalue weighted by molar-refractivity contribution is 0.235. The molecule has 0 bridgehead atoms. The van der Waals surface area contributed by atoms with E-state index < -0.39 is 0 Å². The maximum atomic E-state index is 5.96. The minimum atomic E-state index is 0.701. The number of anilines is 1. The Bertz CT molecular complexity index is 1170. The molecule has 2 aromatic heterocycles. The van der Waals surface area contributed by atoms with E-state index in [0.717, 1.165) is 71.4 Å². The van der Waals surface area contributed by atoms with E-state index >= 15 is 0 Å². The van der Waals surface area contributed by atoms with Crippen LogP contribution in [0.25, 0.3) is 22.7 Å². The molecule has 30 heavy (non-hydrogen) atoms. The van der Waals surface area contributed by atoms with Gasteiger partial charge in [-0.2, -0.15) is 0 Å². The van der Waals surface area contributed by atoms with E-state index in [1.54, 1.807) is 0 Å². The van der Waals surface area contributed by atoms with Crippen LogP contribution in [0.5, 0.6) is 0 Å². The monoisotopic (exact) mass is 417 g/mol. The van der Waals surface area contributed by atoms with Crippen molar-refractivity contribution < 1.29 is 4.52 Å². The van der Waals surface area contributed by atoms with Crippen LogP contribution in [0.15, 0.2) is 65.3 Å². The maximum absolute atomic E-state index is 5.96. The van der Waals surface area contributed by atoms with Gasteiger partial charge >= 0.3 is 0 Å². The van der Waals surface area contributed by atoms with Crippen LogP contribution in [0.2, 0.25) is 5.02 Å². The number of benzene rings is 2. The lowest BCUT2D eigenvalue weighted by Crippen LogP contribution is -2.31. The van der Waals surface area contributed by atoms with Gasteiger partial charge in [-0.3, -0.25) is 4.90 Å². The highest BCUT2D eigenvalue weighted by molar-refractivity contribution is 6.30. The smallest absolute Gasteiger partial charge is 0.167 e. The highest BCUT2D eigenvalue weighted by Crippen LogP contribution is 2.25. The van der Waals surface area contributed by atoms with Crippen LogP contribution in [0.3, 0.4) is 0 Å². The van der Waals surface area contributed by atoms with Gasteiger partial charge in [0.2, 0.25) is 0 Å². The Morgan fingerprint density at radius 3 is 2.60 bits per heavy atom. The van der Waals surface area contributed by atoms with Crippen molar-refractivity contribution in [2.24, 2.45) is 0 Å². The van der Waals surface area contributed by atoms with E-state index in [2.05, 4.69) is 15.0 Å². The molecule has 6 nitrogen and oxygen atoms in total. The number of nitrogens with two attached hydrogens (primary N) is 1. The zero-order valence-electron chi connectivity index (χ0n) is 16.3. The molecule has 7 heteroatoms. The molecule has 0 fully saturated rings. The summed E-state index contributed by atoms with van der Waals surface area (Å²) in [4.78, 5) is 11.7. The van der Waals surface area contributed by atoms with Crippen LogP contribution in [-0.4, -0.2) is 26.6 Å². The predicted octanol–water partition coefficient (Wildman–Crippen LogP) is 4.59. The van der Waals surface area contributed by atoms with Gasteiger partial charge in [-0.25, -0.2) is 9.97 Å². The van der Waals surface area contributed by atoms with Gasteiger partial charge in [-0.1, -0.05) is 16.8 Å². The molecule has 2 aromatic carbocycles. The first-order valence-electron chi connectivity index (χ1n) is 9.79. The summed E-state index contributed by atoms with van der Waals surface area (Å²) in [5.74, 6) is 1.49. The molecule has 0 aliphatic carbocycles. The molecule has 2 N–H and O–H groups in total. The Morgan fingerprint density at radius 2 is 1.80 bits per heavy atom. The van der Waals surface area contributed by atoms with Gasteiger partial charge in [-0.05, 0) is 48.5 Å². The van der Waals surface area contributed by atoms with E-state index in [9.17, 15) is 0 Å². The standard InChI is InChI=1S/C23H20ClN5O/c24-18-5-1-15(2-6-18)22-11-20(28-30-22)14-29-10-9-21-17(13-29)12-26-23(27-21)16-3-7-19(25)8-4-16/h1-8,11-12H,9-10,13-14,25H2. The second kappa shape index (κ2) is 7.89. The number of hydrogen-bond donors (Lipinski definition) is 1. The Morgan fingerprint density at radius 1 is 1.03 bits per heavy atom. The molecule has 150 valence electrons. The second-order valence-corrected chi connectivity index (χ2v) is 7.87. The van der Waals surface area contributed by atoms with Crippen molar-refractivity contribution in [3.8, 4) is 22.7 Å². The molecule has 1 aliphatic heterocycles. The topological polar surface area (TPSA) is 81.1 Å². The SMILES string of the molecule is Nc1ccc(-c2ncc3c(n2)CCN(Cc2cc(-c4ccc(Cl)cc4)on2)C3)cc1. The average molecular weight is 418 g/mol. The Balaban J connectivity index is 1.28. The average Bonchev–Trinajstić information content (AvgIpc) is 3.23. The Labute approximate surface area is 179 Å². The van der Waals surface area contributed by atoms with Crippen molar-refractivity contribution in [1.82, 2.24) is 20.0 Å². The van der Waals surface area contributed by atoms with Crippen LogP contribution in [0.1, 0.15) is 17.0 Å². The molecule has 4 aromatic rings. The predicted molar refractivity (Wildman–Crippen MR) is 117 cm³/mol. The van der Waals surface area contributed by atoms with E-state index in [1.807, 2.05) is 60.8 Å². The Kier molecular flexibility index (Phi) is 4.94. The van der Waals surface area contributed by atoms with Gasteiger partial charge in [0.25, 0.3) is 0 Å². The summed E-state index contributed by atoms with van der Waals surface area (Å²) in [5.41, 5.74) is 11.6. The number of fused-ring (bicyclic) bond motifs is 1. The van der Waals surface area contributed by atoms with Gasteiger partial charge in [0.1, 0.15) is 0 Å². The summed E-state index contributed by atoms with van der Waals surface area (Å²) in [5, 5.41) is 4.94. The summed E-state index contributed by atoms with van der Waals surface area (Å²) >= 11 is 5.96. The highest BCUT2D eigenvalue weighted by Gasteiger charge is 2.20. The molecule has 0 atom stereocenters. The fourth-order valence-electron chi connectivity index (χ4n) is 3.65. The summed E-state index contributed by atoms with van der Waals surface area (Å²) in [6, 6.07) is 17.2. The van der Waals surface area contributed by atoms with Gasteiger partial charge in [-0.15, -0.1) is 0 Å². The summed E-state index contributed by atoms with van der Waals surface area (Å²) in [6.45, 7) is 2.42. The lowest BCUT2D eigenvalue weighted by atomic mass is 10.1. The zero-order chi connectivity index (χ0) is 20.5. The Hall–Kier alpha value is -3.22. The first-order chi connectivity index (χ1) is 14.6. The zero-order valence-corrected chi connectivity index (χ0v) is 17.0. The minimum Gasteiger partial charge on any atom is -0.399 e. The van der Waals surface area contributed by atoms with Gasteiger partial charge < -0.3 is 10.3 Å². The third-order valence-corrected chi connectivity index (χ3v) is 5.51. The summed E-state index contributed by atoms with van der Waals surface area (Å²) in [6.07, 6.45) is 2.81. The minimum absolute atomic E-state index is 0.701. The van der Waals surface area contributed by atoms with Crippen LogP contribution in [0.4, 0.5) is 5.69 Å². The number of hydrogen-bond acceptors (Lipinski definition) is 6. The van der Waals surface area contributed by atoms with Crippen molar-refractivity contribution in [3.05, 3.63) is 82.8 Å². The van der Waals surface area contributed by atoms with Crippen molar-refractivity contribution in [1.29, 1.82) is 0 Å². The van der Waals surface area contributed by atoms with Crippen LogP contribution in [-0.2, 0) is 19.5 Å². The summed E-state index contributed by atoms with van der Waals surface area (Å²) in [7, 11) is 0. The van der Waals surface area contributed by atoms with Gasteiger partial charge in [0.15, 0.2) is 11.6 Å². The molecule has 0 unspecified atom stereocenters. The van der Waals surface area contributed by atoms with E-state index in [-0.39, 0.29) is 0 Å². The maximum Gasteiger partial charge on any atom is 0.167 e. The first-order valence-corrected chi connectivity index (χ1v) is 10.2. The molecular formula is C23H20ClN5O. The fraction of sp³-hybridized carbons (Fsp3) is 0.174. The molecule has 0 radical (unpaired) electrons. The molecule has 0 spiro atoms. The quantitative estimate of drug-likeness (QED) is 0.489. The number of nitrogens with zero attached hydrogens (tertiary/aromatic N) is 4. The third-order valence-electron chi connectivity index (χ3n) is 5.26. The number of rotatable bonds is 4. The van der Waals surface area contributed by atoms with E-state index in [4.69, 9.17) is 26.8 Å². The molecule has 1 aliphatic rings.